The molecule has 0 spiro atoms. The molecule has 30 heavy (non-hydrogen) atoms. The summed E-state index contributed by atoms with van der Waals surface area (Å²) in [6.07, 6.45) is -0.211. The van der Waals surface area contributed by atoms with Crippen LogP contribution in [0.2, 0.25) is 0 Å². The molecule has 1 saturated carbocycles. The van der Waals surface area contributed by atoms with E-state index in [1.807, 2.05) is 4.90 Å². The lowest BCUT2D eigenvalue weighted by Gasteiger charge is -2.34. The van der Waals surface area contributed by atoms with E-state index < -0.39 is 21.8 Å². The Balaban J connectivity index is 1.55. The number of hydrogen-bond donors (Lipinski definition) is 1. The van der Waals surface area contributed by atoms with Crippen LogP contribution in [0.5, 0.6) is 0 Å². The molecule has 168 valence electrons. The smallest absolute Gasteiger partial charge is 0.352 e. The molecule has 2 aliphatic rings. The van der Waals surface area contributed by atoms with Gasteiger partial charge in [0.1, 0.15) is 0 Å². The van der Waals surface area contributed by atoms with E-state index in [9.17, 15) is 26.4 Å². The maximum atomic E-state index is 12.9. The van der Waals surface area contributed by atoms with E-state index in [1.165, 1.54) is 16.8 Å². The average Bonchev–Trinajstić information content (AvgIpc) is 2.69. The van der Waals surface area contributed by atoms with Gasteiger partial charge in [0.15, 0.2) is 0 Å². The predicted octanol–water partition coefficient (Wildman–Crippen LogP) is 2.71. The van der Waals surface area contributed by atoms with Crippen molar-refractivity contribution in [2.45, 2.75) is 49.7 Å². The van der Waals surface area contributed by atoms with Crippen molar-refractivity contribution in [3.05, 3.63) is 29.8 Å². The molecule has 6 nitrogen and oxygen atoms in total. The minimum atomic E-state index is -4.60. The first kappa shape index (κ1) is 23.0. The second-order valence-corrected chi connectivity index (χ2v) is 10.1. The lowest BCUT2D eigenvalue weighted by atomic mass is 9.86. The van der Waals surface area contributed by atoms with Crippen LogP contribution < -0.4 is 5.32 Å². The normalized spacial score (nSPS) is 24.5. The van der Waals surface area contributed by atoms with Crippen molar-refractivity contribution in [2.75, 3.05) is 32.7 Å². The van der Waals surface area contributed by atoms with Crippen LogP contribution in [-0.4, -0.2) is 62.3 Å². The Labute approximate surface area is 175 Å². The van der Waals surface area contributed by atoms with Crippen LogP contribution in [0.25, 0.3) is 0 Å². The van der Waals surface area contributed by atoms with Gasteiger partial charge in [-0.3, -0.25) is 9.69 Å². The molecule has 1 heterocycles. The number of nitrogens with one attached hydrogen (secondary N) is 1. The predicted molar refractivity (Wildman–Crippen MR) is 106 cm³/mol. The molecule has 2 fully saturated rings. The van der Waals surface area contributed by atoms with Crippen LogP contribution >= 0.6 is 0 Å². The number of benzene rings is 1. The Hall–Kier alpha value is -1.65. The van der Waals surface area contributed by atoms with Crippen molar-refractivity contribution in [3.8, 4) is 0 Å². The Morgan fingerprint density at radius 1 is 1.13 bits per heavy atom. The van der Waals surface area contributed by atoms with Crippen molar-refractivity contribution < 1.29 is 26.4 Å². The second kappa shape index (κ2) is 9.23. The maximum absolute atomic E-state index is 12.9. The molecule has 0 aromatic heterocycles. The molecule has 1 aliphatic heterocycles. The molecular formula is C20H28F3N3O3S. The van der Waals surface area contributed by atoms with Crippen molar-refractivity contribution in [1.82, 2.24) is 14.5 Å². The highest BCUT2D eigenvalue weighted by Crippen LogP contribution is 2.31. The molecular weight excluding hydrogens is 419 g/mol. The summed E-state index contributed by atoms with van der Waals surface area (Å²) in [6, 6.07) is 3.98. The van der Waals surface area contributed by atoms with Gasteiger partial charge in [-0.2, -0.15) is 17.5 Å². The van der Waals surface area contributed by atoms with E-state index in [2.05, 4.69) is 12.2 Å². The van der Waals surface area contributed by atoms with Crippen LogP contribution in [0.1, 0.15) is 38.2 Å². The van der Waals surface area contributed by atoms with Gasteiger partial charge in [-0.05, 0) is 37.0 Å². The number of alkyl halides is 3. The van der Waals surface area contributed by atoms with Crippen LogP contribution in [0.3, 0.4) is 0 Å². The van der Waals surface area contributed by atoms with Gasteiger partial charge in [-0.15, -0.1) is 0 Å². The van der Waals surface area contributed by atoms with Crippen LogP contribution in [-0.2, 0) is 21.0 Å². The summed E-state index contributed by atoms with van der Waals surface area (Å²) < 4.78 is 65.4. The molecule has 0 radical (unpaired) electrons. The van der Waals surface area contributed by atoms with E-state index >= 15 is 0 Å². The zero-order chi connectivity index (χ0) is 21.9. The summed E-state index contributed by atoms with van der Waals surface area (Å²) in [4.78, 5) is 13.9. The van der Waals surface area contributed by atoms with E-state index in [0.717, 1.165) is 31.4 Å². The number of rotatable bonds is 5. The Bertz CT molecular complexity index is 852. The molecule has 1 aliphatic carbocycles. The fourth-order valence-corrected chi connectivity index (χ4v) is 5.56. The van der Waals surface area contributed by atoms with E-state index in [1.54, 1.807) is 0 Å². The Kier molecular flexibility index (Phi) is 7.09. The van der Waals surface area contributed by atoms with Gasteiger partial charge in [-0.1, -0.05) is 25.8 Å². The van der Waals surface area contributed by atoms with E-state index in [4.69, 9.17) is 0 Å². The van der Waals surface area contributed by atoms with Gasteiger partial charge >= 0.3 is 6.18 Å². The summed E-state index contributed by atoms with van der Waals surface area (Å²) >= 11 is 0. The third-order valence-electron chi connectivity index (χ3n) is 5.96. The molecule has 10 heteroatoms. The average molecular weight is 448 g/mol. The van der Waals surface area contributed by atoms with Crippen molar-refractivity contribution in [2.24, 2.45) is 5.92 Å². The standard InChI is InChI=1S/C20H28F3N3O3S/c1-15-5-2-3-8-18(15)24-19(27)14-25-9-11-26(12-10-25)30(28,29)17-7-4-6-16(13-17)20(21,22)23/h4,6-7,13,15,18H,2-3,5,8-12,14H2,1H3,(H,24,27)/t15-,18-/m1/s1. The number of piperazine rings is 1. The first-order valence-corrected chi connectivity index (χ1v) is 11.7. The minimum absolute atomic E-state index is 0.0667. The molecule has 1 aromatic carbocycles. The summed E-state index contributed by atoms with van der Waals surface area (Å²) in [7, 11) is -4.02. The minimum Gasteiger partial charge on any atom is -0.352 e. The molecule has 2 atom stereocenters. The Morgan fingerprint density at radius 3 is 2.43 bits per heavy atom. The van der Waals surface area contributed by atoms with Crippen LogP contribution in [0.4, 0.5) is 13.2 Å². The first-order chi connectivity index (χ1) is 14.1. The third-order valence-corrected chi connectivity index (χ3v) is 7.85. The molecule has 1 amide bonds. The number of carbonyl (C=O) groups excluding carboxylic acids is 1. The van der Waals surface area contributed by atoms with Gasteiger partial charge in [0.05, 0.1) is 17.0 Å². The molecule has 1 saturated heterocycles. The highest BCUT2D eigenvalue weighted by atomic mass is 32.2. The topological polar surface area (TPSA) is 69.7 Å². The maximum Gasteiger partial charge on any atom is 0.416 e. The van der Waals surface area contributed by atoms with E-state index in [0.29, 0.717) is 25.1 Å². The summed E-state index contributed by atoms with van der Waals surface area (Å²) in [5.74, 6) is 0.389. The van der Waals surface area contributed by atoms with Gasteiger partial charge < -0.3 is 5.32 Å². The van der Waals surface area contributed by atoms with Crippen LogP contribution in [0.15, 0.2) is 29.2 Å². The monoisotopic (exact) mass is 447 g/mol. The second-order valence-electron chi connectivity index (χ2n) is 8.14. The number of halogens is 3. The molecule has 0 unspecified atom stereocenters. The zero-order valence-corrected chi connectivity index (χ0v) is 17.8. The van der Waals surface area contributed by atoms with Gasteiger partial charge in [-0.25, -0.2) is 8.42 Å². The lowest BCUT2D eigenvalue weighted by Crippen LogP contribution is -2.52. The molecule has 3 rings (SSSR count). The number of carbonyl (C=O) groups is 1. The number of sulfonamides is 1. The van der Waals surface area contributed by atoms with Crippen molar-refractivity contribution >= 4 is 15.9 Å². The fraction of sp³-hybridized carbons (Fsp3) is 0.650. The van der Waals surface area contributed by atoms with Crippen molar-refractivity contribution in [1.29, 1.82) is 0 Å². The van der Waals surface area contributed by atoms with Gasteiger partial charge in [0, 0.05) is 32.2 Å². The van der Waals surface area contributed by atoms with Gasteiger partial charge in [0.2, 0.25) is 15.9 Å². The van der Waals surface area contributed by atoms with Gasteiger partial charge in [0.25, 0.3) is 0 Å². The third kappa shape index (κ3) is 5.53. The fourth-order valence-electron chi connectivity index (χ4n) is 4.10. The Morgan fingerprint density at radius 2 is 1.80 bits per heavy atom. The number of nitrogens with zero attached hydrogens (tertiary/aromatic N) is 2. The highest BCUT2D eigenvalue weighted by Gasteiger charge is 2.34. The summed E-state index contributed by atoms with van der Waals surface area (Å²) in [6.45, 7) is 3.30. The first-order valence-electron chi connectivity index (χ1n) is 10.3. The summed E-state index contributed by atoms with van der Waals surface area (Å²) in [5, 5.41) is 3.08. The zero-order valence-electron chi connectivity index (χ0n) is 17.0. The number of hydrogen-bond acceptors (Lipinski definition) is 4. The molecule has 1 aromatic rings. The lowest BCUT2D eigenvalue weighted by molar-refractivity contribution is -0.137. The quantitative estimate of drug-likeness (QED) is 0.754. The summed E-state index contributed by atoms with van der Waals surface area (Å²) in [5.41, 5.74) is -0.990. The SMILES string of the molecule is C[C@@H]1CCCC[C@H]1NC(=O)CN1CCN(S(=O)(=O)c2cccc(C(F)(F)F)c2)CC1. The van der Waals surface area contributed by atoms with Crippen LogP contribution in [0, 0.1) is 5.92 Å². The molecule has 0 bridgehead atoms. The van der Waals surface area contributed by atoms with E-state index in [-0.39, 0.29) is 36.5 Å². The largest absolute Gasteiger partial charge is 0.416 e. The highest BCUT2D eigenvalue weighted by molar-refractivity contribution is 7.89. The van der Waals surface area contributed by atoms with Crippen molar-refractivity contribution in [3.63, 3.8) is 0 Å². The molecule has 1 N–H and O–H groups in total. The number of amides is 1.